The predicted octanol–water partition coefficient (Wildman–Crippen LogP) is 6.90. The summed E-state index contributed by atoms with van der Waals surface area (Å²) in [5.41, 5.74) is 0.339. The van der Waals surface area contributed by atoms with Gasteiger partial charge in [-0.15, -0.1) is 0 Å². The largest absolute Gasteiger partial charge is 0.493 e. The molecule has 0 saturated carbocycles. The van der Waals surface area contributed by atoms with E-state index in [0.717, 1.165) is 31.6 Å². The second kappa shape index (κ2) is 13.1. The molecule has 0 amide bonds. The molecule has 1 N–H and O–H groups in total. The van der Waals surface area contributed by atoms with Crippen molar-refractivity contribution in [2.75, 3.05) is 31.5 Å². The van der Waals surface area contributed by atoms with E-state index in [4.69, 9.17) is 14.2 Å². The topological polar surface area (TPSA) is 90.0 Å². The molecule has 0 bridgehead atoms. The van der Waals surface area contributed by atoms with Gasteiger partial charge in [0, 0.05) is 36.3 Å². The summed E-state index contributed by atoms with van der Waals surface area (Å²) in [6.07, 6.45) is 6.11. The van der Waals surface area contributed by atoms with Crippen molar-refractivity contribution >= 4 is 26.6 Å². The number of piperidine rings is 1. The smallest absolute Gasteiger partial charge is 0.264 e. The Kier molecular flexibility index (Phi) is 9.26. The summed E-state index contributed by atoms with van der Waals surface area (Å²) in [6.45, 7) is 4.84. The Morgan fingerprint density at radius 3 is 2.56 bits per heavy atom. The quantitative estimate of drug-likeness (QED) is 0.184. The van der Waals surface area contributed by atoms with Crippen molar-refractivity contribution in [2.45, 2.75) is 43.5 Å². The minimum absolute atomic E-state index is 0.196. The highest BCUT2D eigenvalue weighted by atomic mass is 32.2. The fraction of sp³-hybridized carbons (Fsp3) is 0.323. The number of pyridine rings is 1. The first-order valence-corrected chi connectivity index (χ1v) is 15.4. The number of nitrogens with one attached hydrogen (secondary N) is 1. The number of nitrogens with zero attached hydrogens (tertiary/aromatic N) is 2. The monoisotopic (exact) mass is 615 g/mol. The molecule has 43 heavy (non-hydrogen) atoms. The number of anilines is 1. The van der Waals surface area contributed by atoms with E-state index in [1.54, 1.807) is 18.2 Å². The molecule has 5 rings (SSSR count). The molecule has 8 nitrogen and oxygen atoms in total. The van der Waals surface area contributed by atoms with Crippen LogP contribution in [0.15, 0.2) is 65.7 Å². The van der Waals surface area contributed by atoms with Crippen LogP contribution in [0.2, 0.25) is 0 Å². The number of fused-ring (bicyclic) bond motifs is 1. The maximum atomic E-state index is 15.0. The van der Waals surface area contributed by atoms with Gasteiger partial charge in [0.05, 0.1) is 24.9 Å². The zero-order valence-electron chi connectivity index (χ0n) is 23.8. The SMILES string of the molecule is COc1cc2c(Oc3ccc(NS(=O)(=O)c4cc(F)ccc4F)cc3F)ccnc2cc1OCCCN1CCCCC1C. The van der Waals surface area contributed by atoms with Crippen LogP contribution in [0.1, 0.15) is 32.6 Å². The maximum absolute atomic E-state index is 15.0. The van der Waals surface area contributed by atoms with Crippen LogP contribution in [0.5, 0.6) is 23.0 Å². The molecule has 228 valence electrons. The molecule has 1 saturated heterocycles. The van der Waals surface area contributed by atoms with Crippen LogP contribution < -0.4 is 18.9 Å². The van der Waals surface area contributed by atoms with E-state index in [1.165, 1.54) is 44.7 Å². The fourth-order valence-corrected chi connectivity index (χ4v) is 6.23. The van der Waals surface area contributed by atoms with E-state index < -0.39 is 32.4 Å². The highest BCUT2D eigenvalue weighted by Crippen LogP contribution is 2.38. The Morgan fingerprint density at radius 2 is 1.79 bits per heavy atom. The Morgan fingerprint density at radius 1 is 0.953 bits per heavy atom. The third-order valence-corrected chi connectivity index (χ3v) is 8.76. The number of likely N-dealkylation sites (tertiary alicyclic amines) is 1. The highest BCUT2D eigenvalue weighted by molar-refractivity contribution is 7.92. The van der Waals surface area contributed by atoms with Gasteiger partial charge in [-0.1, -0.05) is 6.42 Å². The standard InChI is InChI=1S/C31H32F3N3O5S/c1-20-6-3-4-13-37(20)14-5-15-41-30-19-26-23(18-29(30)40-2)27(11-12-35-26)42-28-10-8-22(17-25(28)34)36-43(38,39)31-16-21(32)7-9-24(31)33/h7-12,16-20,36H,3-6,13-15H2,1-2H3. The number of hydrogen-bond acceptors (Lipinski definition) is 7. The summed E-state index contributed by atoms with van der Waals surface area (Å²) >= 11 is 0. The van der Waals surface area contributed by atoms with Gasteiger partial charge in [0.15, 0.2) is 23.1 Å². The molecule has 1 aliphatic heterocycles. The lowest BCUT2D eigenvalue weighted by molar-refractivity contribution is 0.148. The van der Waals surface area contributed by atoms with Crippen molar-refractivity contribution in [3.63, 3.8) is 0 Å². The van der Waals surface area contributed by atoms with Crippen molar-refractivity contribution in [2.24, 2.45) is 0 Å². The molecular formula is C31H32F3N3O5S. The second-order valence-electron chi connectivity index (χ2n) is 10.3. The van der Waals surface area contributed by atoms with Crippen molar-refractivity contribution < 1.29 is 35.8 Å². The van der Waals surface area contributed by atoms with Gasteiger partial charge in [0.2, 0.25) is 0 Å². The van der Waals surface area contributed by atoms with E-state index in [1.807, 2.05) is 0 Å². The molecule has 2 heterocycles. The average Bonchev–Trinajstić information content (AvgIpc) is 2.98. The zero-order valence-corrected chi connectivity index (χ0v) is 24.6. The summed E-state index contributed by atoms with van der Waals surface area (Å²) in [7, 11) is -3.00. The van der Waals surface area contributed by atoms with Crippen LogP contribution in [0.4, 0.5) is 18.9 Å². The molecule has 1 unspecified atom stereocenters. The molecule has 12 heteroatoms. The average molecular weight is 616 g/mol. The highest BCUT2D eigenvalue weighted by Gasteiger charge is 2.22. The Hall–Kier alpha value is -4.03. The van der Waals surface area contributed by atoms with Gasteiger partial charge in [-0.25, -0.2) is 21.6 Å². The minimum Gasteiger partial charge on any atom is -0.493 e. The predicted molar refractivity (Wildman–Crippen MR) is 157 cm³/mol. The molecule has 1 aromatic heterocycles. The lowest BCUT2D eigenvalue weighted by Gasteiger charge is -2.33. The van der Waals surface area contributed by atoms with Crippen LogP contribution >= 0.6 is 0 Å². The molecule has 0 radical (unpaired) electrons. The number of aromatic nitrogens is 1. The molecule has 4 aromatic rings. The summed E-state index contributed by atoms with van der Waals surface area (Å²) in [4.78, 5) is 5.99. The minimum atomic E-state index is -4.52. The van der Waals surface area contributed by atoms with Crippen LogP contribution in [-0.2, 0) is 10.0 Å². The molecule has 0 spiro atoms. The van der Waals surface area contributed by atoms with Crippen LogP contribution in [0, 0.1) is 17.5 Å². The Bertz CT molecular complexity index is 1720. The molecular weight excluding hydrogens is 583 g/mol. The van der Waals surface area contributed by atoms with Crippen molar-refractivity contribution in [1.29, 1.82) is 0 Å². The van der Waals surface area contributed by atoms with Gasteiger partial charge in [0.25, 0.3) is 10.0 Å². The number of sulfonamides is 1. The van der Waals surface area contributed by atoms with E-state index in [2.05, 4.69) is 21.5 Å². The second-order valence-corrected chi connectivity index (χ2v) is 12.0. The Labute approximate surface area is 248 Å². The van der Waals surface area contributed by atoms with Crippen molar-refractivity contribution in [1.82, 2.24) is 9.88 Å². The van der Waals surface area contributed by atoms with Crippen molar-refractivity contribution in [3.8, 4) is 23.0 Å². The number of benzene rings is 3. The third kappa shape index (κ3) is 7.14. The Balaban J connectivity index is 1.30. The van der Waals surface area contributed by atoms with Gasteiger partial charge < -0.3 is 19.1 Å². The van der Waals surface area contributed by atoms with Crippen LogP contribution in [0.3, 0.4) is 0 Å². The molecule has 0 aliphatic carbocycles. The van der Waals surface area contributed by atoms with Gasteiger partial charge in [0.1, 0.15) is 22.3 Å². The zero-order chi connectivity index (χ0) is 30.6. The normalized spacial score (nSPS) is 15.8. The number of methoxy groups -OCH3 is 1. The lowest BCUT2D eigenvalue weighted by Crippen LogP contribution is -2.38. The van der Waals surface area contributed by atoms with E-state index >= 15 is 4.39 Å². The fourth-order valence-electron chi connectivity index (χ4n) is 5.09. The summed E-state index contributed by atoms with van der Waals surface area (Å²) in [5, 5.41) is 0.541. The third-order valence-electron chi connectivity index (χ3n) is 7.36. The number of ether oxygens (including phenoxy) is 3. The van der Waals surface area contributed by atoms with Gasteiger partial charge >= 0.3 is 0 Å². The summed E-state index contributed by atoms with van der Waals surface area (Å²) < 4.78 is 87.2. The molecule has 3 aromatic carbocycles. The van der Waals surface area contributed by atoms with Gasteiger partial charge in [-0.3, -0.25) is 9.71 Å². The lowest BCUT2D eigenvalue weighted by atomic mass is 10.0. The molecule has 1 aliphatic rings. The van der Waals surface area contributed by atoms with Crippen molar-refractivity contribution in [3.05, 3.63) is 78.2 Å². The number of rotatable bonds is 11. The van der Waals surface area contributed by atoms with Gasteiger partial charge in [-0.05, 0) is 75.2 Å². The van der Waals surface area contributed by atoms with E-state index in [0.29, 0.717) is 47.2 Å². The first kappa shape index (κ1) is 30.4. The first-order valence-electron chi connectivity index (χ1n) is 13.9. The van der Waals surface area contributed by atoms with Crippen LogP contribution in [-0.4, -0.2) is 51.1 Å². The van der Waals surface area contributed by atoms with E-state index in [-0.39, 0.29) is 17.2 Å². The molecule has 1 fully saturated rings. The first-order chi connectivity index (χ1) is 20.6. The number of hydrogen-bond donors (Lipinski definition) is 1. The number of halogens is 3. The van der Waals surface area contributed by atoms with Crippen LogP contribution in [0.25, 0.3) is 10.9 Å². The summed E-state index contributed by atoms with van der Waals surface area (Å²) in [6, 6.07) is 11.0. The maximum Gasteiger partial charge on any atom is 0.264 e. The summed E-state index contributed by atoms with van der Waals surface area (Å²) in [5.74, 6) is -1.88. The van der Waals surface area contributed by atoms with Gasteiger partial charge in [-0.2, -0.15) is 0 Å². The van der Waals surface area contributed by atoms with E-state index in [9.17, 15) is 17.2 Å². The molecule has 1 atom stereocenters.